The van der Waals surface area contributed by atoms with E-state index in [0.717, 1.165) is 9.13 Å². The molecule has 0 radical (unpaired) electrons. The largest absolute Gasteiger partial charge is 0.348 e. The van der Waals surface area contributed by atoms with E-state index < -0.39 is 0 Å². The summed E-state index contributed by atoms with van der Waals surface area (Å²) in [4.78, 5) is 12.0. The van der Waals surface area contributed by atoms with Gasteiger partial charge in [-0.25, -0.2) is 0 Å². The SMILES string of the molecule is Cc1ccc(C(=O)NCc2ccccc2)cc1I. The molecule has 0 aromatic heterocycles. The van der Waals surface area contributed by atoms with Gasteiger partial charge in [0, 0.05) is 15.7 Å². The van der Waals surface area contributed by atoms with E-state index in [1.807, 2.05) is 55.5 Å². The van der Waals surface area contributed by atoms with Gasteiger partial charge in [-0.15, -0.1) is 0 Å². The summed E-state index contributed by atoms with van der Waals surface area (Å²) >= 11 is 2.24. The Hall–Kier alpha value is -1.36. The van der Waals surface area contributed by atoms with Crippen molar-refractivity contribution in [3.05, 3.63) is 68.8 Å². The maximum absolute atomic E-state index is 12.0. The summed E-state index contributed by atoms with van der Waals surface area (Å²) in [6.07, 6.45) is 0. The number of halogens is 1. The predicted octanol–water partition coefficient (Wildman–Crippen LogP) is 3.53. The Bertz CT molecular complexity index is 552. The van der Waals surface area contributed by atoms with Crippen LogP contribution in [0.25, 0.3) is 0 Å². The summed E-state index contributed by atoms with van der Waals surface area (Å²) < 4.78 is 1.11. The average Bonchev–Trinajstić information content (AvgIpc) is 2.40. The van der Waals surface area contributed by atoms with Crippen molar-refractivity contribution in [1.82, 2.24) is 5.32 Å². The Morgan fingerprint density at radius 1 is 1.17 bits per heavy atom. The third-order valence-corrected chi connectivity index (χ3v) is 3.89. The van der Waals surface area contributed by atoms with Gasteiger partial charge in [-0.05, 0) is 52.8 Å². The first-order valence-corrected chi connectivity index (χ1v) is 6.83. The van der Waals surface area contributed by atoms with Crippen molar-refractivity contribution in [2.24, 2.45) is 0 Å². The zero-order chi connectivity index (χ0) is 13.0. The molecule has 0 spiro atoms. The van der Waals surface area contributed by atoms with Crippen LogP contribution in [0.2, 0.25) is 0 Å². The third-order valence-electron chi connectivity index (χ3n) is 2.73. The van der Waals surface area contributed by atoms with Crippen molar-refractivity contribution >= 4 is 28.5 Å². The van der Waals surface area contributed by atoms with Crippen LogP contribution < -0.4 is 5.32 Å². The fraction of sp³-hybridized carbons (Fsp3) is 0.133. The van der Waals surface area contributed by atoms with Gasteiger partial charge in [0.25, 0.3) is 5.91 Å². The summed E-state index contributed by atoms with van der Waals surface area (Å²) in [7, 11) is 0. The Morgan fingerprint density at radius 2 is 1.89 bits per heavy atom. The molecule has 0 aliphatic carbocycles. The number of carbonyl (C=O) groups excluding carboxylic acids is 1. The highest BCUT2D eigenvalue weighted by Gasteiger charge is 2.06. The number of carbonyl (C=O) groups is 1. The molecule has 0 aliphatic heterocycles. The Morgan fingerprint density at radius 3 is 2.56 bits per heavy atom. The quantitative estimate of drug-likeness (QED) is 0.843. The summed E-state index contributed by atoms with van der Waals surface area (Å²) in [6.45, 7) is 2.59. The summed E-state index contributed by atoms with van der Waals surface area (Å²) in [5.41, 5.74) is 3.00. The Kier molecular flexibility index (Phi) is 4.36. The second-order valence-corrected chi connectivity index (χ2v) is 5.29. The number of hydrogen-bond donors (Lipinski definition) is 1. The molecule has 0 saturated heterocycles. The molecule has 0 saturated carbocycles. The van der Waals surface area contributed by atoms with Gasteiger partial charge in [0.15, 0.2) is 0 Å². The first-order valence-electron chi connectivity index (χ1n) is 5.75. The van der Waals surface area contributed by atoms with Gasteiger partial charge in [0.1, 0.15) is 0 Å². The van der Waals surface area contributed by atoms with Crippen LogP contribution in [0.3, 0.4) is 0 Å². The van der Waals surface area contributed by atoms with Crippen LogP contribution >= 0.6 is 22.6 Å². The van der Waals surface area contributed by atoms with Crippen LogP contribution in [0, 0.1) is 10.5 Å². The van der Waals surface area contributed by atoms with Crippen molar-refractivity contribution < 1.29 is 4.79 Å². The fourth-order valence-corrected chi connectivity index (χ4v) is 2.13. The van der Waals surface area contributed by atoms with E-state index in [1.165, 1.54) is 5.56 Å². The van der Waals surface area contributed by atoms with Crippen molar-refractivity contribution in [2.75, 3.05) is 0 Å². The second-order valence-electron chi connectivity index (χ2n) is 4.13. The van der Waals surface area contributed by atoms with E-state index in [-0.39, 0.29) is 5.91 Å². The maximum Gasteiger partial charge on any atom is 0.251 e. The summed E-state index contributed by atoms with van der Waals surface area (Å²) in [5.74, 6) is -0.0308. The van der Waals surface area contributed by atoms with Crippen LogP contribution in [-0.4, -0.2) is 5.91 Å². The normalized spacial score (nSPS) is 10.1. The molecular weight excluding hydrogens is 337 g/mol. The zero-order valence-electron chi connectivity index (χ0n) is 10.1. The van der Waals surface area contributed by atoms with E-state index in [9.17, 15) is 4.79 Å². The summed E-state index contributed by atoms with van der Waals surface area (Å²) in [6, 6.07) is 15.6. The van der Waals surface area contributed by atoms with E-state index in [2.05, 4.69) is 27.9 Å². The molecule has 0 aliphatic rings. The van der Waals surface area contributed by atoms with Crippen molar-refractivity contribution in [3.63, 3.8) is 0 Å². The lowest BCUT2D eigenvalue weighted by atomic mass is 10.1. The lowest BCUT2D eigenvalue weighted by Gasteiger charge is -2.06. The molecule has 0 unspecified atom stereocenters. The molecular formula is C15H14INO. The molecule has 0 fully saturated rings. The molecule has 1 N–H and O–H groups in total. The molecule has 0 heterocycles. The highest BCUT2D eigenvalue weighted by molar-refractivity contribution is 14.1. The average molecular weight is 351 g/mol. The van der Waals surface area contributed by atoms with Gasteiger partial charge in [-0.2, -0.15) is 0 Å². The zero-order valence-corrected chi connectivity index (χ0v) is 12.3. The predicted molar refractivity (Wildman–Crippen MR) is 81.5 cm³/mol. The van der Waals surface area contributed by atoms with Gasteiger partial charge in [-0.1, -0.05) is 36.4 Å². The fourth-order valence-electron chi connectivity index (χ4n) is 1.61. The standard InChI is InChI=1S/C15H14INO/c1-11-7-8-13(9-14(11)16)15(18)17-10-12-5-3-2-4-6-12/h2-9H,10H2,1H3,(H,17,18). The minimum atomic E-state index is -0.0308. The highest BCUT2D eigenvalue weighted by atomic mass is 127. The van der Waals surface area contributed by atoms with Crippen molar-refractivity contribution in [1.29, 1.82) is 0 Å². The number of nitrogens with one attached hydrogen (secondary N) is 1. The molecule has 92 valence electrons. The number of rotatable bonds is 3. The van der Waals surface area contributed by atoms with Crippen molar-refractivity contribution in [2.45, 2.75) is 13.5 Å². The minimum absolute atomic E-state index is 0.0308. The van der Waals surface area contributed by atoms with Crippen LogP contribution in [0.4, 0.5) is 0 Å². The molecule has 2 rings (SSSR count). The molecule has 18 heavy (non-hydrogen) atoms. The van der Waals surface area contributed by atoms with Gasteiger partial charge < -0.3 is 5.32 Å². The smallest absolute Gasteiger partial charge is 0.251 e. The van der Waals surface area contributed by atoms with E-state index in [0.29, 0.717) is 12.1 Å². The van der Waals surface area contributed by atoms with Gasteiger partial charge in [0.2, 0.25) is 0 Å². The molecule has 2 nitrogen and oxygen atoms in total. The van der Waals surface area contributed by atoms with Crippen LogP contribution in [0.1, 0.15) is 21.5 Å². The molecule has 0 bridgehead atoms. The van der Waals surface area contributed by atoms with E-state index in [1.54, 1.807) is 0 Å². The number of aryl methyl sites for hydroxylation is 1. The number of amides is 1. The first kappa shape index (κ1) is 13.1. The lowest BCUT2D eigenvalue weighted by molar-refractivity contribution is 0.0951. The number of hydrogen-bond acceptors (Lipinski definition) is 1. The van der Waals surface area contributed by atoms with Gasteiger partial charge in [-0.3, -0.25) is 4.79 Å². The minimum Gasteiger partial charge on any atom is -0.348 e. The molecule has 2 aromatic rings. The van der Waals surface area contributed by atoms with Gasteiger partial charge >= 0.3 is 0 Å². The highest BCUT2D eigenvalue weighted by Crippen LogP contribution is 2.13. The van der Waals surface area contributed by atoms with E-state index >= 15 is 0 Å². The van der Waals surface area contributed by atoms with E-state index in [4.69, 9.17) is 0 Å². The second kappa shape index (κ2) is 6.00. The number of benzene rings is 2. The summed E-state index contributed by atoms with van der Waals surface area (Å²) in [5, 5.41) is 2.92. The molecule has 1 amide bonds. The third kappa shape index (κ3) is 3.32. The maximum atomic E-state index is 12.0. The van der Waals surface area contributed by atoms with Gasteiger partial charge in [0.05, 0.1) is 0 Å². The van der Waals surface area contributed by atoms with Crippen LogP contribution in [0.5, 0.6) is 0 Å². The van der Waals surface area contributed by atoms with Crippen LogP contribution in [0.15, 0.2) is 48.5 Å². The molecule has 0 atom stereocenters. The Labute approximate surface area is 121 Å². The Balaban J connectivity index is 2.02. The first-order chi connectivity index (χ1) is 8.66. The van der Waals surface area contributed by atoms with Crippen LogP contribution in [-0.2, 0) is 6.54 Å². The molecule has 2 aromatic carbocycles. The monoisotopic (exact) mass is 351 g/mol. The molecule has 3 heteroatoms. The van der Waals surface area contributed by atoms with Crippen molar-refractivity contribution in [3.8, 4) is 0 Å². The lowest BCUT2D eigenvalue weighted by Crippen LogP contribution is -2.22. The topological polar surface area (TPSA) is 29.1 Å².